The summed E-state index contributed by atoms with van der Waals surface area (Å²) in [5, 5.41) is 8.55. The molecule has 1 fully saturated rings. The van der Waals surface area contributed by atoms with E-state index in [2.05, 4.69) is 26.1 Å². The second-order valence-electron chi connectivity index (χ2n) is 4.10. The second kappa shape index (κ2) is 4.56. The average Bonchev–Trinajstić information content (AvgIpc) is 3.08. The number of rotatable bonds is 3. The summed E-state index contributed by atoms with van der Waals surface area (Å²) in [5.41, 5.74) is 0. The predicted molar refractivity (Wildman–Crippen MR) is 66.3 cm³/mol. The third kappa shape index (κ3) is 1.94. The molecule has 0 saturated carbocycles. The van der Waals surface area contributed by atoms with E-state index in [1.165, 1.54) is 11.2 Å². The standard InChI is InChI=1S/C11H10BrN3O3/c12-5-7-4-9(16)15(6-7)11-14-13-10(18-11)8-2-1-3-17-8/h1-3,7H,4-6H2. The highest BCUT2D eigenvalue weighted by atomic mass is 79.9. The molecule has 1 saturated heterocycles. The minimum Gasteiger partial charge on any atom is -0.459 e. The zero-order valence-corrected chi connectivity index (χ0v) is 11.0. The lowest BCUT2D eigenvalue weighted by atomic mass is 10.2. The van der Waals surface area contributed by atoms with Crippen LogP contribution in [0, 0.1) is 5.92 Å². The third-order valence-corrected chi connectivity index (χ3v) is 3.72. The van der Waals surface area contributed by atoms with Gasteiger partial charge >= 0.3 is 6.01 Å². The average molecular weight is 312 g/mol. The number of aromatic nitrogens is 2. The fourth-order valence-corrected chi connectivity index (χ4v) is 2.33. The van der Waals surface area contributed by atoms with Gasteiger partial charge in [-0.25, -0.2) is 0 Å². The van der Waals surface area contributed by atoms with Gasteiger partial charge in [-0.15, -0.1) is 5.10 Å². The highest BCUT2D eigenvalue weighted by Crippen LogP contribution is 2.27. The molecule has 7 heteroatoms. The highest BCUT2D eigenvalue weighted by molar-refractivity contribution is 9.09. The van der Waals surface area contributed by atoms with Crippen LogP contribution >= 0.6 is 15.9 Å². The van der Waals surface area contributed by atoms with Crippen molar-refractivity contribution < 1.29 is 13.6 Å². The Morgan fingerprint density at radius 1 is 1.50 bits per heavy atom. The number of halogens is 1. The molecule has 0 N–H and O–H groups in total. The van der Waals surface area contributed by atoms with E-state index in [0.29, 0.717) is 18.7 Å². The first kappa shape index (κ1) is 11.5. The molecule has 1 aliphatic rings. The maximum absolute atomic E-state index is 11.8. The molecule has 0 bridgehead atoms. The lowest BCUT2D eigenvalue weighted by Crippen LogP contribution is -2.24. The van der Waals surface area contributed by atoms with Crippen molar-refractivity contribution in [1.82, 2.24) is 10.2 Å². The molecular weight excluding hydrogens is 302 g/mol. The van der Waals surface area contributed by atoms with E-state index in [1.54, 1.807) is 12.1 Å². The summed E-state index contributed by atoms with van der Waals surface area (Å²) in [6.07, 6.45) is 2.03. The van der Waals surface area contributed by atoms with Crippen LogP contribution in [0.3, 0.4) is 0 Å². The Kier molecular flexibility index (Phi) is 2.91. The summed E-state index contributed by atoms with van der Waals surface area (Å²) in [6, 6.07) is 3.70. The molecule has 0 aromatic carbocycles. The van der Waals surface area contributed by atoms with Gasteiger partial charge in [0.2, 0.25) is 5.91 Å². The summed E-state index contributed by atoms with van der Waals surface area (Å²) >= 11 is 3.38. The maximum Gasteiger partial charge on any atom is 0.325 e. The first-order valence-electron chi connectivity index (χ1n) is 5.51. The van der Waals surface area contributed by atoms with E-state index in [-0.39, 0.29) is 23.7 Å². The molecule has 2 aromatic rings. The van der Waals surface area contributed by atoms with E-state index in [1.807, 2.05) is 0 Å². The summed E-state index contributed by atoms with van der Waals surface area (Å²) < 4.78 is 10.6. The Balaban J connectivity index is 1.84. The molecule has 1 aliphatic heterocycles. The molecule has 1 atom stereocenters. The first-order chi connectivity index (χ1) is 8.78. The lowest BCUT2D eigenvalue weighted by Gasteiger charge is -2.09. The number of nitrogens with zero attached hydrogens (tertiary/aromatic N) is 3. The van der Waals surface area contributed by atoms with E-state index in [4.69, 9.17) is 8.83 Å². The summed E-state index contributed by atoms with van der Waals surface area (Å²) in [7, 11) is 0. The normalized spacial score (nSPS) is 19.7. The van der Waals surface area contributed by atoms with Gasteiger partial charge < -0.3 is 8.83 Å². The van der Waals surface area contributed by atoms with Crippen LogP contribution in [0.5, 0.6) is 0 Å². The minimum atomic E-state index is 0.00842. The highest BCUT2D eigenvalue weighted by Gasteiger charge is 2.33. The summed E-state index contributed by atoms with van der Waals surface area (Å²) in [4.78, 5) is 13.3. The molecule has 6 nitrogen and oxygen atoms in total. The summed E-state index contributed by atoms with van der Waals surface area (Å²) in [5.74, 6) is 1.08. The van der Waals surface area contributed by atoms with Gasteiger partial charge in [0.05, 0.1) is 6.26 Å². The van der Waals surface area contributed by atoms with Crippen LogP contribution in [0.1, 0.15) is 6.42 Å². The SMILES string of the molecule is O=C1CC(CBr)CN1c1nnc(-c2ccco2)o1. The van der Waals surface area contributed by atoms with Crippen molar-refractivity contribution in [2.24, 2.45) is 5.92 Å². The van der Waals surface area contributed by atoms with E-state index < -0.39 is 0 Å². The molecule has 0 radical (unpaired) electrons. The van der Waals surface area contributed by atoms with Gasteiger partial charge in [-0.1, -0.05) is 21.0 Å². The Morgan fingerprint density at radius 2 is 2.39 bits per heavy atom. The quantitative estimate of drug-likeness (QED) is 0.811. The number of furan rings is 1. The number of carbonyl (C=O) groups is 1. The molecule has 1 unspecified atom stereocenters. The maximum atomic E-state index is 11.8. The largest absolute Gasteiger partial charge is 0.459 e. The van der Waals surface area contributed by atoms with Crippen molar-refractivity contribution >= 4 is 27.9 Å². The van der Waals surface area contributed by atoms with Gasteiger partial charge in [0.25, 0.3) is 5.89 Å². The molecular formula is C11H10BrN3O3. The summed E-state index contributed by atoms with van der Waals surface area (Å²) in [6.45, 7) is 0.601. The van der Waals surface area contributed by atoms with Crippen molar-refractivity contribution in [2.75, 3.05) is 16.8 Å². The van der Waals surface area contributed by atoms with Gasteiger partial charge in [0.1, 0.15) is 0 Å². The molecule has 3 rings (SSSR count). The Morgan fingerprint density at radius 3 is 3.06 bits per heavy atom. The molecule has 0 aliphatic carbocycles. The fraction of sp³-hybridized carbons (Fsp3) is 0.364. The smallest absolute Gasteiger partial charge is 0.325 e. The van der Waals surface area contributed by atoms with Crippen LogP contribution in [0.15, 0.2) is 27.2 Å². The van der Waals surface area contributed by atoms with Crippen LogP contribution in [-0.2, 0) is 4.79 Å². The number of hydrogen-bond donors (Lipinski definition) is 0. The zero-order valence-electron chi connectivity index (χ0n) is 9.38. The zero-order chi connectivity index (χ0) is 12.5. The third-order valence-electron chi connectivity index (χ3n) is 2.80. The number of anilines is 1. The van der Waals surface area contributed by atoms with Crippen molar-refractivity contribution in [3.63, 3.8) is 0 Å². The first-order valence-corrected chi connectivity index (χ1v) is 6.64. The van der Waals surface area contributed by atoms with Crippen molar-refractivity contribution in [3.05, 3.63) is 18.4 Å². The van der Waals surface area contributed by atoms with E-state index in [9.17, 15) is 4.79 Å². The molecule has 3 heterocycles. The van der Waals surface area contributed by atoms with Crippen molar-refractivity contribution in [3.8, 4) is 11.7 Å². The van der Waals surface area contributed by atoms with E-state index in [0.717, 1.165) is 5.33 Å². The number of alkyl halides is 1. The van der Waals surface area contributed by atoms with Gasteiger partial charge in [-0.3, -0.25) is 9.69 Å². The number of hydrogen-bond acceptors (Lipinski definition) is 5. The molecule has 2 aromatic heterocycles. The lowest BCUT2D eigenvalue weighted by molar-refractivity contribution is -0.117. The molecule has 94 valence electrons. The fourth-order valence-electron chi connectivity index (χ4n) is 1.89. The number of carbonyl (C=O) groups excluding carboxylic acids is 1. The van der Waals surface area contributed by atoms with Crippen molar-refractivity contribution in [2.45, 2.75) is 6.42 Å². The van der Waals surface area contributed by atoms with Gasteiger partial charge in [-0.05, 0) is 18.1 Å². The Bertz CT molecular complexity index is 552. The van der Waals surface area contributed by atoms with Crippen molar-refractivity contribution in [1.29, 1.82) is 0 Å². The van der Waals surface area contributed by atoms with Gasteiger partial charge in [0.15, 0.2) is 5.76 Å². The molecule has 1 amide bonds. The van der Waals surface area contributed by atoms with Crippen LogP contribution in [0.4, 0.5) is 6.01 Å². The topological polar surface area (TPSA) is 72.4 Å². The minimum absolute atomic E-state index is 0.00842. The van der Waals surface area contributed by atoms with Crippen LogP contribution in [-0.4, -0.2) is 28.0 Å². The van der Waals surface area contributed by atoms with Crippen LogP contribution < -0.4 is 4.90 Å². The van der Waals surface area contributed by atoms with Crippen LogP contribution in [0.2, 0.25) is 0 Å². The Labute approximate surface area is 111 Å². The Hall–Kier alpha value is -1.63. The number of amides is 1. The van der Waals surface area contributed by atoms with Gasteiger partial charge in [-0.2, -0.15) is 0 Å². The van der Waals surface area contributed by atoms with Crippen LogP contribution in [0.25, 0.3) is 11.7 Å². The predicted octanol–water partition coefficient (Wildman–Crippen LogP) is 2.08. The molecule has 0 spiro atoms. The van der Waals surface area contributed by atoms with E-state index >= 15 is 0 Å². The monoisotopic (exact) mass is 311 g/mol. The molecule has 18 heavy (non-hydrogen) atoms. The van der Waals surface area contributed by atoms with Gasteiger partial charge in [0, 0.05) is 18.3 Å². The second-order valence-corrected chi connectivity index (χ2v) is 4.74.